The van der Waals surface area contributed by atoms with Gasteiger partial charge in [0.05, 0.1) is 0 Å². The molecule has 2 aromatic rings. The molecule has 1 aliphatic rings. The first-order valence-corrected chi connectivity index (χ1v) is 6.09. The average molecular weight is 267 g/mol. The summed E-state index contributed by atoms with van der Waals surface area (Å²) in [5.74, 6) is -2.83. The number of rotatable bonds is 1. The first-order chi connectivity index (χ1) is 9.08. The quantitative estimate of drug-likeness (QED) is 0.807. The van der Waals surface area contributed by atoms with Crippen LogP contribution in [0.5, 0.6) is 0 Å². The Morgan fingerprint density at radius 2 is 1.68 bits per heavy atom. The second-order valence-electron chi connectivity index (χ2n) is 4.65. The second kappa shape index (κ2) is 4.29. The molecule has 0 saturated carbocycles. The molecule has 0 atom stereocenters. The molecule has 19 heavy (non-hydrogen) atoms. The van der Waals surface area contributed by atoms with Crippen molar-refractivity contribution < 1.29 is 13.2 Å². The van der Waals surface area contributed by atoms with Crippen molar-refractivity contribution in [2.45, 2.75) is 25.7 Å². The molecule has 0 amide bonds. The minimum Gasteiger partial charge on any atom is -0.382 e. The van der Waals surface area contributed by atoms with E-state index in [2.05, 4.69) is 5.10 Å². The van der Waals surface area contributed by atoms with Crippen molar-refractivity contribution >= 4 is 5.82 Å². The summed E-state index contributed by atoms with van der Waals surface area (Å²) >= 11 is 0. The standard InChI is InChI=1S/C13H12F3N3/c14-8-5-10(16)12(6-9(8)15)19-11-4-2-1-3-7(11)13(17)18-19/h5-6H,1-4H2,(H2,17,18). The molecular formula is C13H12F3N3. The van der Waals surface area contributed by atoms with E-state index in [0.29, 0.717) is 18.3 Å². The van der Waals surface area contributed by atoms with Crippen LogP contribution in [0, 0.1) is 17.5 Å². The van der Waals surface area contributed by atoms with Crippen LogP contribution in [0.3, 0.4) is 0 Å². The highest BCUT2D eigenvalue weighted by atomic mass is 19.2. The molecule has 0 bridgehead atoms. The number of anilines is 1. The number of benzene rings is 1. The van der Waals surface area contributed by atoms with Gasteiger partial charge in [-0.2, -0.15) is 5.10 Å². The zero-order valence-electron chi connectivity index (χ0n) is 10.1. The van der Waals surface area contributed by atoms with Crippen LogP contribution >= 0.6 is 0 Å². The summed E-state index contributed by atoms with van der Waals surface area (Å²) < 4.78 is 41.3. The van der Waals surface area contributed by atoms with Crippen molar-refractivity contribution in [3.05, 3.63) is 40.8 Å². The normalized spacial score (nSPS) is 14.5. The first kappa shape index (κ1) is 12.1. The van der Waals surface area contributed by atoms with Crippen molar-refractivity contribution in [2.24, 2.45) is 0 Å². The second-order valence-corrected chi connectivity index (χ2v) is 4.65. The summed E-state index contributed by atoms with van der Waals surface area (Å²) in [6.45, 7) is 0. The molecular weight excluding hydrogens is 255 g/mol. The zero-order chi connectivity index (χ0) is 13.6. The van der Waals surface area contributed by atoms with E-state index in [1.165, 1.54) is 4.68 Å². The van der Waals surface area contributed by atoms with Crippen LogP contribution in [0.4, 0.5) is 19.0 Å². The highest BCUT2D eigenvalue weighted by Gasteiger charge is 2.22. The van der Waals surface area contributed by atoms with Crippen molar-refractivity contribution in [1.29, 1.82) is 0 Å². The van der Waals surface area contributed by atoms with Crippen LogP contribution in [0.1, 0.15) is 24.1 Å². The van der Waals surface area contributed by atoms with Gasteiger partial charge in [0, 0.05) is 23.4 Å². The fraction of sp³-hybridized carbons (Fsp3) is 0.308. The molecule has 100 valence electrons. The Hall–Kier alpha value is -1.98. The number of hydrogen-bond donors (Lipinski definition) is 1. The molecule has 3 nitrogen and oxygen atoms in total. The molecule has 0 unspecified atom stereocenters. The number of hydrogen-bond acceptors (Lipinski definition) is 2. The maximum atomic E-state index is 13.8. The highest BCUT2D eigenvalue weighted by molar-refractivity contribution is 5.48. The van der Waals surface area contributed by atoms with Crippen LogP contribution in [0.15, 0.2) is 12.1 Å². The minimum atomic E-state index is -1.21. The fourth-order valence-corrected chi connectivity index (χ4v) is 2.50. The van der Waals surface area contributed by atoms with Crippen molar-refractivity contribution in [3.63, 3.8) is 0 Å². The van der Waals surface area contributed by atoms with Crippen LogP contribution < -0.4 is 5.73 Å². The summed E-state index contributed by atoms with van der Waals surface area (Å²) in [4.78, 5) is 0. The van der Waals surface area contributed by atoms with Gasteiger partial charge >= 0.3 is 0 Å². The molecule has 3 rings (SSSR count). The Morgan fingerprint density at radius 1 is 1.00 bits per heavy atom. The zero-order valence-corrected chi connectivity index (χ0v) is 10.1. The van der Waals surface area contributed by atoms with Gasteiger partial charge in [0.15, 0.2) is 17.5 Å². The lowest BCUT2D eigenvalue weighted by Crippen LogP contribution is -2.10. The molecule has 0 saturated heterocycles. The number of aromatic nitrogens is 2. The Bertz CT molecular complexity index is 649. The molecule has 1 heterocycles. The maximum Gasteiger partial charge on any atom is 0.161 e. The van der Waals surface area contributed by atoms with Crippen LogP contribution in [0.2, 0.25) is 0 Å². The molecule has 1 aliphatic carbocycles. The third-order valence-corrected chi connectivity index (χ3v) is 3.43. The molecule has 6 heteroatoms. The highest BCUT2D eigenvalue weighted by Crippen LogP contribution is 2.29. The van der Waals surface area contributed by atoms with Gasteiger partial charge in [-0.1, -0.05) is 0 Å². The number of halogens is 3. The van der Waals surface area contributed by atoms with Crippen molar-refractivity contribution in [2.75, 3.05) is 5.73 Å². The van der Waals surface area contributed by atoms with E-state index in [1.807, 2.05) is 0 Å². The van der Waals surface area contributed by atoms with Crippen LogP contribution in [-0.2, 0) is 12.8 Å². The van der Waals surface area contributed by atoms with Gasteiger partial charge in [-0.15, -0.1) is 0 Å². The fourth-order valence-electron chi connectivity index (χ4n) is 2.50. The summed E-state index contributed by atoms with van der Waals surface area (Å²) in [5, 5.41) is 4.06. The summed E-state index contributed by atoms with van der Waals surface area (Å²) in [6, 6.07) is 1.34. The Morgan fingerprint density at radius 3 is 2.47 bits per heavy atom. The molecule has 2 N–H and O–H groups in total. The lowest BCUT2D eigenvalue weighted by atomic mass is 9.97. The lowest BCUT2D eigenvalue weighted by Gasteiger charge is -2.14. The third kappa shape index (κ3) is 1.87. The predicted molar refractivity (Wildman–Crippen MR) is 64.5 cm³/mol. The Kier molecular flexibility index (Phi) is 2.73. The van der Waals surface area contributed by atoms with Gasteiger partial charge in [0.1, 0.15) is 11.5 Å². The first-order valence-electron chi connectivity index (χ1n) is 6.09. The molecule has 0 fully saturated rings. The monoisotopic (exact) mass is 267 g/mol. The van der Waals surface area contributed by atoms with Gasteiger partial charge in [0.25, 0.3) is 0 Å². The number of fused-ring (bicyclic) bond motifs is 1. The SMILES string of the molecule is Nc1nn(-c2cc(F)c(F)cc2F)c2c1CCCC2. The van der Waals surface area contributed by atoms with Gasteiger partial charge < -0.3 is 5.73 Å². The van der Waals surface area contributed by atoms with E-state index in [9.17, 15) is 13.2 Å². The molecule has 1 aromatic carbocycles. The van der Waals surface area contributed by atoms with E-state index in [1.54, 1.807) is 0 Å². The summed E-state index contributed by atoms with van der Waals surface area (Å²) in [5.41, 5.74) is 7.36. The smallest absolute Gasteiger partial charge is 0.161 e. The molecule has 1 aromatic heterocycles. The van der Waals surface area contributed by atoms with Crippen LogP contribution in [0.25, 0.3) is 5.69 Å². The van der Waals surface area contributed by atoms with Gasteiger partial charge in [0.2, 0.25) is 0 Å². The van der Waals surface area contributed by atoms with E-state index in [4.69, 9.17) is 5.73 Å². The van der Waals surface area contributed by atoms with E-state index < -0.39 is 17.5 Å². The largest absolute Gasteiger partial charge is 0.382 e. The Balaban J connectivity index is 2.20. The number of nitrogen functional groups attached to an aromatic ring is 1. The van der Waals surface area contributed by atoms with Crippen molar-refractivity contribution in [3.8, 4) is 5.69 Å². The minimum absolute atomic E-state index is 0.103. The summed E-state index contributed by atoms with van der Waals surface area (Å²) in [6.07, 6.45) is 3.44. The molecule has 0 aliphatic heterocycles. The maximum absolute atomic E-state index is 13.8. The predicted octanol–water partition coefficient (Wildman–Crippen LogP) is 2.75. The summed E-state index contributed by atoms with van der Waals surface area (Å²) in [7, 11) is 0. The van der Waals surface area contributed by atoms with E-state index >= 15 is 0 Å². The number of nitrogens with zero attached hydrogens (tertiary/aromatic N) is 2. The van der Waals surface area contributed by atoms with E-state index in [0.717, 1.165) is 36.6 Å². The van der Waals surface area contributed by atoms with Crippen LogP contribution in [-0.4, -0.2) is 9.78 Å². The van der Waals surface area contributed by atoms with E-state index in [-0.39, 0.29) is 5.69 Å². The Labute approximate surface area is 107 Å². The lowest BCUT2D eigenvalue weighted by molar-refractivity contribution is 0.490. The average Bonchev–Trinajstić information content (AvgIpc) is 2.72. The number of nitrogens with two attached hydrogens (primary N) is 1. The topological polar surface area (TPSA) is 43.8 Å². The van der Waals surface area contributed by atoms with Gasteiger partial charge in [-0.25, -0.2) is 17.9 Å². The van der Waals surface area contributed by atoms with Crippen molar-refractivity contribution in [1.82, 2.24) is 9.78 Å². The van der Waals surface area contributed by atoms with Gasteiger partial charge in [-0.05, 0) is 25.7 Å². The van der Waals surface area contributed by atoms with Gasteiger partial charge in [-0.3, -0.25) is 0 Å². The third-order valence-electron chi connectivity index (χ3n) is 3.43. The molecule has 0 radical (unpaired) electrons. The molecule has 0 spiro atoms.